The van der Waals surface area contributed by atoms with Gasteiger partial charge in [0.2, 0.25) is 0 Å². The van der Waals surface area contributed by atoms with E-state index in [2.05, 4.69) is 16.3 Å². The van der Waals surface area contributed by atoms with Crippen LogP contribution in [0.1, 0.15) is 45.6 Å². The van der Waals surface area contributed by atoms with E-state index < -0.39 is 0 Å². The van der Waals surface area contributed by atoms with Gasteiger partial charge in [0.15, 0.2) is 5.69 Å². The van der Waals surface area contributed by atoms with E-state index >= 15 is 0 Å². The third-order valence-corrected chi connectivity index (χ3v) is 5.14. The highest BCUT2D eigenvalue weighted by atomic mass is 35.5. The molecule has 1 amide bonds. The van der Waals surface area contributed by atoms with Crippen molar-refractivity contribution in [2.45, 2.75) is 47.4 Å². The van der Waals surface area contributed by atoms with Crippen LogP contribution < -0.4 is 4.74 Å². The fourth-order valence-corrected chi connectivity index (χ4v) is 3.34. The van der Waals surface area contributed by atoms with Gasteiger partial charge in [-0.05, 0) is 39.3 Å². The Hall–Kier alpha value is -2.80. The molecule has 3 aromatic rings. The summed E-state index contributed by atoms with van der Waals surface area (Å²) in [5.74, 6) is 1.06. The molecule has 0 atom stereocenters. The first-order chi connectivity index (χ1) is 13.8. The SMILES string of the molecule is CCn1ncc(Cl)c1CN(C)C(=O)c1noc(C)c1COc1ccc(C)cc1C. The maximum Gasteiger partial charge on any atom is 0.276 e. The first kappa shape index (κ1) is 20.9. The average molecular weight is 417 g/mol. The number of amides is 1. The van der Waals surface area contributed by atoms with E-state index in [0.717, 1.165) is 17.0 Å². The van der Waals surface area contributed by atoms with Crippen molar-refractivity contribution in [3.05, 3.63) is 63.3 Å². The third kappa shape index (κ3) is 4.45. The van der Waals surface area contributed by atoms with Crippen molar-refractivity contribution < 1.29 is 14.1 Å². The van der Waals surface area contributed by atoms with Crippen LogP contribution in [0, 0.1) is 20.8 Å². The fourth-order valence-electron chi connectivity index (χ4n) is 3.14. The summed E-state index contributed by atoms with van der Waals surface area (Å²) in [6.07, 6.45) is 1.59. The summed E-state index contributed by atoms with van der Waals surface area (Å²) in [7, 11) is 1.70. The number of ether oxygens (including phenoxy) is 1. The standard InChI is InChI=1S/C21H25ClN4O3/c1-6-26-18(17(22)10-23-26)11-25(5)21(27)20-16(15(4)29-24-20)12-28-19-8-7-13(2)9-14(19)3/h7-10H,6,11-12H2,1-5H3. The molecule has 1 aromatic carbocycles. The molecule has 0 aliphatic rings. The molecule has 2 aromatic heterocycles. The molecule has 0 saturated carbocycles. The highest BCUT2D eigenvalue weighted by Crippen LogP contribution is 2.23. The Morgan fingerprint density at radius 3 is 2.76 bits per heavy atom. The van der Waals surface area contributed by atoms with Crippen molar-refractivity contribution in [3.63, 3.8) is 0 Å². The van der Waals surface area contributed by atoms with Gasteiger partial charge in [0.05, 0.1) is 29.0 Å². The summed E-state index contributed by atoms with van der Waals surface area (Å²) in [6, 6.07) is 5.97. The van der Waals surface area contributed by atoms with Crippen LogP contribution in [0.2, 0.25) is 5.02 Å². The molecule has 8 heteroatoms. The lowest BCUT2D eigenvalue weighted by molar-refractivity contribution is 0.0769. The molecular formula is C21H25ClN4O3. The molecule has 0 bridgehead atoms. The minimum Gasteiger partial charge on any atom is -0.488 e. The van der Waals surface area contributed by atoms with Gasteiger partial charge in [-0.3, -0.25) is 9.48 Å². The van der Waals surface area contributed by atoms with Crippen LogP contribution in [0.15, 0.2) is 28.9 Å². The van der Waals surface area contributed by atoms with E-state index in [1.165, 1.54) is 5.56 Å². The van der Waals surface area contributed by atoms with Crippen LogP contribution in [-0.4, -0.2) is 32.8 Å². The van der Waals surface area contributed by atoms with Gasteiger partial charge in [-0.1, -0.05) is 34.5 Å². The summed E-state index contributed by atoms with van der Waals surface area (Å²) in [6.45, 7) is 8.94. The lowest BCUT2D eigenvalue weighted by Crippen LogP contribution is -2.29. The number of halogens is 1. The van der Waals surface area contributed by atoms with Gasteiger partial charge in [-0.15, -0.1) is 0 Å². The molecule has 7 nitrogen and oxygen atoms in total. The van der Waals surface area contributed by atoms with Crippen LogP contribution in [0.25, 0.3) is 0 Å². The Bertz CT molecular complexity index is 1030. The van der Waals surface area contributed by atoms with E-state index in [1.807, 2.05) is 32.9 Å². The van der Waals surface area contributed by atoms with E-state index in [1.54, 1.807) is 29.7 Å². The molecule has 0 spiro atoms. The molecule has 3 rings (SSSR count). The first-order valence-corrected chi connectivity index (χ1v) is 9.80. The summed E-state index contributed by atoms with van der Waals surface area (Å²) < 4.78 is 13.0. The monoisotopic (exact) mass is 416 g/mol. The number of aryl methyl sites for hydroxylation is 4. The smallest absolute Gasteiger partial charge is 0.276 e. The number of carbonyl (C=O) groups is 1. The second-order valence-corrected chi connectivity index (χ2v) is 7.45. The average Bonchev–Trinajstić information content (AvgIpc) is 3.23. The second-order valence-electron chi connectivity index (χ2n) is 7.04. The van der Waals surface area contributed by atoms with Crippen molar-refractivity contribution in [1.82, 2.24) is 19.8 Å². The predicted molar refractivity (Wildman–Crippen MR) is 110 cm³/mol. The molecule has 0 unspecified atom stereocenters. The van der Waals surface area contributed by atoms with Gasteiger partial charge in [0, 0.05) is 13.6 Å². The zero-order valence-corrected chi connectivity index (χ0v) is 18.1. The Morgan fingerprint density at radius 1 is 1.31 bits per heavy atom. The van der Waals surface area contributed by atoms with Gasteiger partial charge < -0.3 is 14.2 Å². The summed E-state index contributed by atoms with van der Waals surface area (Å²) >= 11 is 6.22. The van der Waals surface area contributed by atoms with Crippen LogP contribution >= 0.6 is 11.6 Å². The largest absolute Gasteiger partial charge is 0.488 e. The summed E-state index contributed by atoms with van der Waals surface area (Å²) in [4.78, 5) is 14.6. The minimum absolute atomic E-state index is 0.196. The maximum absolute atomic E-state index is 13.0. The van der Waals surface area contributed by atoms with E-state index in [9.17, 15) is 4.79 Å². The maximum atomic E-state index is 13.0. The number of hydrogen-bond donors (Lipinski definition) is 0. The fraction of sp³-hybridized carbons (Fsp3) is 0.381. The molecule has 0 saturated heterocycles. The van der Waals surface area contributed by atoms with Crippen molar-refractivity contribution in [2.24, 2.45) is 0 Å². The highest BCUT2D eigenvalue weighted by molar-refractivity contribution is 6.31. The van der Waals surface area contributed by atoms with Gasteiger partial charge in [0.1, 0.15) is 18.1 Å². The van der Waals surface area contributed by atoms with Crippen molar-refractivity contribution in [2.75, 3.05) is 7.05 Å². The number of carbonyl (C=O) groups excluding carboxylic acids is 1. The van der Waals surface area contributed by atoms with Crippen LogP contribution in [0.4, 0.5) is 0 Å². The third-order valence-electron chi connectivity index (χ3n) is 4.82. The summed E-state index contributed by atoms with van der Waals surface area (Å²) in [5, 5.41) is 8.72. The molecule has 0 aliphatic heterocycles. The minimum atomic E-state index is -0.263. The number of aromatic nitrogens is 3. The number of nitrogens with zero attached hydrogens (tertiary/aromatic N) is 4. The Balaban J connectivity index is 1.77. The molecule has 0 radical (unpaired) electrons. The first-order valence-electron chi connectivity index (χ1n) is 9.42. The Morgan fingerprint density at radius 2 is 2.07 bits per heavy atom. The molecule has 29 heavy (non-hydrogen) atoms. The number of hydrogen-bond acceptors (Lipinski definition) is 5. The van der Waals surface area contributed by atoms with Crippen molar-refractivity contribution in [1.29, 1.82) is 0 Å². The lowest BCUT2D eigenvalue weighted by atomic mass is 10.1. The van der Waals surface area contributed by atoms with E-state index in [0.29, 0.717) is 29.4 Å². The normalized spacial score (nSPS) is 11.0. The summed E-state index contributed by atoms with van der Waals surface area (Å²) in [5.41, 5.74) is 3.86. The highest BCUT2D eigenvalue weighted by Gasteiger charge is 2.25. The Kier molecular flexibility index (Phi) is 6.27. The zero-order chi connectivity index (χ0) is 21.1. The van der Waals surface area contributed by atoms with Gasteiger partial charge >= 0.3 is 0 Å². The zero-order valence-electron chi connectivity index (χ0n) is 17.3. The van der Waals surface area contributed by atoms with Crippen molar-refractivity contribution >= 4 is 17.5 Å². The molecule has 154 valence electrons. The van der Waals surface area contributed by atoms with Crippen molar-refractivity contribution in [3.8, 4) is 5.75 Å². The van der Waals surface area contributed by atoms with Gasteiger partial charge in [0.25, 0.3) is 5.91 Å². The molecule has 2 heterocycles. The molecule has 0 aliphatic carbocycles. The van der Waals surface area contributed by atoms with Crippen LogP contribution in [0.5, 0.6) is 5.75 Å². The van der Waals surface area contributed by atoms with Gasteiger partial charge in [-0.2, -0.15) is 5.10 Å². The van der Waals surface area contributed by atoms with Crippen LogP contribution in [0.3, 0.4) is 0 Å². The topological polar surface area (TPSA) is 73.4 Å². The van der Waals surface area contributed by atoms with Crippen LogP contribution in [-0.2, 0) is 19.7 Å². The quantitative estimate of drug-likeness (QED) is 0.573. The lowest BCUT2D eigenvalue weighted by Gasteiger charge is -2.17. The second kappa shape index (κ2) is 8.69. The molecular weight excluding hydrogens is 392 g/mol. The van der Waals surface area contributed by atoms with Gasteiger partial charge in [-0.25, -0.2) is 0 Å². The van der Waals surface area contributed by atoms with E-state index in [-0.39, 0.29) is 18.2 Å². The predicted octanol–water partition coefficient (Wildman–Crippen LogP) is 4.32. The Labute approximate surface area is 175 Å². The molecule has 0 N–H and O–H groups in total. The number of benzene rings is 1. The van der Waals surface area contributed by atoms with E-state index in [4.69, 9.17) is 20.9 Å². The number of rotatable bonds is 7. The molecule has 0 fully saturated rings.